The smallest absolute Gasteiger partial charge is 0.249 e. The van der Waals surface area contributed by atoms with Gasteiger partial charge in [0.15, 0.2) is 0 Å². The SMILES string of the molecule is CCCCCCCCCCCCCCCCC/C=C/CC/C=C/CC/C=C/CCCC(O)C(O)C(CO)NC(=O)C(O)CCCCCCCCCCCCCCCCCCCCCCCCCCCCCCCCCCCCCCCC. The van der Waals surface area contributed by atoms with E-state index in [4.69, 9.17) is 0 Å². The summed E-state index contributed by atoms with van der Waals surface area (Å²) < 4.78 is 0. The minimum absolute atomic E-state index is 0.363. The van der Waals surface area contributed by atoms with Crippen LogP contribution in [0.2, 0.25) is 0 Å². The summed E-state index contributed by atoms with van der Waals surface area (Å²) in [7, 11) is 0. The molecule has 0 fully saturated rings. The molecule has 0 bridgehead atoms. The average molecular weight is 1160 g/mol. The number of unbranched alkanes of at least 4 members (excludes halogenated alkanes) is 55. The second-order valence-corrected chi connectivity index (χ2v) is 26.0. The van der Waals surface area contributed by atoms with Gasteiger partial charge >= 0.3 is 0 Å². The third-order valence-electron chi connectivity index (χ3n) is 17.8. The molecule has 0 rings (SSSR count). The van der Waals surface area contributed by atoms with Gasteiger partial charge in [0.25, 0.3) is 0 Å². The highest BCUT2D eigenvalue weighted by Crippen LogP contribution is 2.20. The van der Waals surface area contributed by atoms with Crippen molar-refractivity contribution in [3.05, 3.63) is 36.5 Å². The molecule has 6 heteroatoms. The van der Waals surface area contributed by atoms with Crippen molar-refractivity contribution >= 4 is 5.91 Å². The third-order valence-corrected chi connectivity index (χ3v) is 17.8. The fourth-order valence-corrected chi connectivity index (χ4v) is 12.0. The monoisotopic (exact) mass is 1150 g/mol. The van der Waals surface area contributed by atoms with Gasteiger partial charge in [0.2, 0.25) is 5.91 Å². The molecule has 486 valence electrons. The zero-order valence-electron chi connectivity index (χ0n) is 55.5. The largest absolute Gasteiger partial charge is 0.394 e. The zero-order valence-corrected chi connectivity index (χ0v) is 55.5. The lowest BCUT2D eigenvalue weighted by molar-refractivity contribution is -0.132. The van der Waals surface area contributed by atoms with Gasteiger partial charge in [-0.25, -0.2) is 0 Å². The lowest BCUT2D eigenvalue weighted by Crippen LogP contribution is -2.53. The van der Waals surface area contributed by atoms with E-state index in [1.807, 2.05) is 0 Å². The molecule has 0 heterocycles. The Morgan fingerprint density at radius 1 is 0.293 bits per heavy atom. The summed E-state index contributed by atoms with van der Waals surface area (Å²) in [6.45, 7) is 4.10. The van der Waals surface area contributed by atoms with Crippen LogP contribution in [0.5, 0.6) is 0 Å². The lowest BCUT2D eigenvalue weighted by Gasteiger charge is -2.27. The Morgan fingerprint density at radius 2 is 0.512 bits per heavy atom. The van der Waals surface area contributed by atoms with Gasteiger partial charge in [-0.2, -0.15) is 0 Å². The highest BCUT2D eigenvalue weighted by molar-refractivity contribution is 5.80. The van der Waals surface area contributed by atoms with Gasteiger partial charge in [-0.1, -0.05) is 384 Å². The predicted octanol–water partition coefficient (Wildman–Crippen LogP) is 23.4. The van der Waals surface area contributed by atoms with Crippen molar-refractivity contribution in [3.8, 4) is 0 Å². The highest BCUT2D eigenvalue weighted by atomic mass is 16.3. The highest BCUT2D eigenvalue weighted by Gasteiger charge is 2.28. The minimum Gasteiger partial charge on any atom is -0.394 e. The quantitative estimate of drug-likeness (QED) is 0.0308. The lowest BCUT2D eigenvalue weighted by atomic mass is 10.00. The van der Waals surface area contributed by atoms with Crippen LogP contribution in [0.1, 0.15) is 412 Å². The van der Waals surface area contributed by atoms with Gasteiger partial charge < -0.3 is 25.7 Å². The molecule has 4 unspecified atom stereocenters. The molecule has 0 aliphatic heterocycles. The van der Waals surface area contributed by atoms with E-state index >= 15 is 0 Å². The Morgan fingerprint density at radius 3 is 0.768 bits per heavy atom. The van der Waals surface area contributed by atoms with Crippen molar-refractivity contribution in [1.82, 2.24) is 5.32 Å². The number of hydrogen-bond donors (Lipinski definition) is 5. The first-order valence-corrected chi connectivity index (χ1v) is 37.4. The van der Waals surface area contributed by atoms with Crippen LogP contribution < -0.4 is 5.32 Å². The van der Waals surface area contributed by atoms with Crippen LogP contribution in [0.15, 0.2) is 36.5 Å². The number of hydrogen-bond acceptors (Lipinski definition) is 5. The van der Waals surface area contributed by atoms with E-state index in [1.165, 1.54) is 327 Å². The molecule has 0 aliphatic carbocycles. The van der Waals surface area contributed by atoms with Crippen molar-refractivity contribution in [2.45, 2.75) is 436 Å². The second kappa shape index (κ2) is 70.3. The van der Waals surface area contributed by atoms with E-state index in [9.17, 15) is 25.2 Å². The average Bonchev–Trinajstić information content (AvgIpc) is 3.48. The number of rotatable bonds is 70. The number of nitrogens with one attached hydrogen (secondary N) is 1. The maximum atomic E-state index is 12.7. The molecular formula is C76H147NO5. The molecule has 0 radical (unpaired) electrons. The maximum absolute atomic E-state index is 12.7. The Bertz CT molecular complexity index is 1300. The van der Waals surface area contributed by atoms with Crippen LogP contribution in [0, 0.1) is 0 Å². The molecule has 0 spiro atoms. The summed E-state index contributed by atoms with van der Waals surface area (Å²) in [5.74, 6) is -0.592. The summed E-state index contributed by atoms with van der Waals surface area (Å²) >= 11 is 0. The number of aliphatic hydroxyl groups is 4. The predicted molar refractivity (Wildman–Crippen MR) is 362 cm³/mol. The Hall–Kier alpha value is -1.47. The first-order valence-electron chi connectivity index (χ1n) is 37.4. The van der Waals surface area contributed by atoms with Crippen LogP contribution >= 0.6 is 0 Å². The molecule has 4 atom stereocenters. The van der Waals surface area contributed by atoms with E-state index < -0.39 is 36.9 Å². The van der Waals surface area contributed by atoms with E-state index in [0.29, 0.717) is 19.3 Å². The summed E-state index contributed by atoms with van der Waals surface area (Å²) in [6.07, 6.45) is 91.6. The number of allylic oxidation sites excluding steroid dienone is 6. The Kier molecular flexibility index (Phi) is 69.0. The normalized spacial score (nSPS) is 13.6. The molecule has 0 aromatic carbocycles. The molecular weight excluding hydrogens is 1010 g/mol. The molecule has 1 amide bonds. The van der Waals surface area contributed by atoms with Crippen LogP contribution in [0.25, 0.3) is 0 Å². The molecule has 6 nitrogen and oxygen atoms in total. The topological polar surface area (TPSA) is 110 Å². The maximum Gasteiger partial charge on any atom is 0.249 e. The van der Waals surface area contributed by atoms with Gasteiger partial charge in [0, 0.05) is 0 Å². The third kappa shape index (κ3) is 63.0. The van der Waals surface area contributed by atoms with Crippen molar-refractivity contribution in [2.75, 3.05) is 6.61 Å². The van der Waals surface area contributed by atoms with Crippen LogP contribution in [-0.4, -0.2) is 57.3 Å². The Labute approximate surface area is 513 Å². The van der Waals surface area contributed by atoms with E-state index in [-0.39, 0.29) is 0 Å². The van der Waals surface area contributed by atoms with Crippen molar-refractivity contribution in [1.29, 1.82) is 0 Å². The fraction of sp³-hybridized carbons (Fsp3) is 0.908. The number of amides is 1. The molecule has 0 saturated heterocycles. The van der Waals surface area contributed by atoms with Gasteiger partial charge in [0.1, 0.15) is 12.2 Å². The standard InChI is InChI=1S/C76H147NO5/c1-3-5-7-9-11-13-15-17-19-21-23-25-27-29-31-33-34-35-36-37-38-39-40-41-42-44-46-48-50-52-54-56-58-60-62-64-66-68-70-74(80)76(82)77-72(71-78)75(81)73(79)69-67-65-63-61-59-57-55-53-51-49-47-45-43-32-30-28-26-24-22-20-18-16-14-12-10-8-6-4-2/h45,47,53,55,61,63,72-75,78-81H,3-44,46,48-52,54,56-60,62,64-71H2,1-2H3,(H,77,82)/b47-45+,55-53+,63-61+. The Balaban J connectivity index is 3.55. The first kappa shape index (κ1) is 80.5. The van der Waals surface area contributed by atoms with Crippen LogP contribution in [-0.2, 0) is 4.79 Å². The summed E-state index contributed by atoms with van der Waals surface area (Å²) in [5, 5.41) is 44.2. The molecule has 0 aromatic rings. The molecule has 0 aromatic heterocycles. The number of carbonyl (C=O) groups excluding carboxylic acids is 1. The van der Waals surface area contributed by atoms with Crippen molar-refractivity contribution < 1.29 is 25.2 Å². The van der Waals surface area contributed by atoms with Crippen LogP contribution in [0.4, 0.5) is 0 Å². The van der Waals surface area contributed by atoms with Gasteiger partial charge in [-0.15, -0.1) is 0 Å². The number of aliphatic hydroxyl groups excluding tert-OH is 4. The fourth-order valence-electron chi connectivity index (χ4n) is 12.0. The summed E-state index contributed by atoms with van der Waals surface area (Å²) in [6, 6.07) is -1.01. The van der Waals surface area contributed by atoms with Crippen molar-refractivity contribution in [3.63, 3.8) is 0 Å². The van der Waals surface area contributed by atoms with E-state index in [2.05, 4.69) is 55.6 Å². The summed E-state index contributed by atoms with van der Waals surface area (Å²) in [5.41, 5.74) is 0. The molecule has 82 heavy (non-hydrogen) atoms. The second-order valence-electron chi connectivity index (χ2n) is 26.0. The molecule has 0 aliphatic rings. The van der Waals surface area contributed by atoms with Crippen LogP contribution in [0.3, 0.4) is 0 Å². The van der Waals surface area contributed by atoms with Gasteiger partial charge in [0.05, 0.1) is 18.8 Å². The van der Waals surface area contributed by atoms with E-state index in [1.54, 1.807) is 0 Å². The van der Waals surface area contributed by atoms with Crippen molar-refractivity contribution in [2.24, 2.45) is 0 Å². The van der Waals surface area contributed by atoms with E-state index in [0.717, 1.165) is 51.4 Å². The number of carbonyl (C=O) groups is 1. The van der Waals surface area contributed by atoms with Gasteiger partial charge in [-0.3, -0.25) is 4.79 Å². The zero-order chi connectivity index (χ0) is 59.4. The molecule has 5 N–H and O–H groups in total. The first-order chi connectivity index (χ1) is 40.5. The van der Waals surface area contributed by atoms with Gasteiger partial charge in [-0.05, 0) is 64.2 Å². The molecule has 0 saturated carbocycles. The summed E-state index contributed by atoms with van der Waals surface area (Å²) in [4.78, 5) is 12.7. The minimum atomic E-state index is -1.29.